The maximum atomic E-state index is 10.3. The van der Waals surface area contributed by atoms with Crippen molar-refractivity contribution in [3.63, 3.8) is 0 Å². The van der Waals surface area contributed by atoms with Crippen LogP contribution in [0.2, 0.25) is 0 Å². The Balaban J connectivity index is 0.00000441. The summed E-state index contributed by atoms with van der Waals surface area (Å²) in [7, 11) is -4.50. The topological polar surface area (TPSA) is 66.4 Å². The molecule has 0 N–H and O–H groups in total. The number of unbranched alkanes of at least 4 members (excludes halogenated alkanes) is 5. The average molecular weight is 342 g/mol. The molecule has 0 aromatic rings. The molecule has 1 fully saturated rings. The zero-order valence-electron chi connectivity index (χ0n) is 14.4. The summed E-state index contributed by atoms with van der Waals surface area (Å²) >= 11 is 0. The third-order valence-electron chi connectivity index (χ3n) is 4.60. The van der Waals surface area contributed by atoms with Crippen molar-refractivity contribution < 1.29 is 46.7 Å². The van der Waals surface area contributed by atoms with Crippen molar-refractivity contribution in [2.45, 2.75) is 84.0 Å². The van der Waals surface area contributed by atoms with Gasteiger partial charge in [0.05, 0.1) is 6.61 Å². The van der Waals surface area contributed by atoms with Crippen LogP contribution in [0.15, 0.2) is 0 Å². The first-order valence-electron chi connectivity index (χ1n) is 8.61. The van der Waals surface area contributed by atoms with E-state index < -0.39 is 10.4 Å². The van der Waals surface area contributed by atoms with Crippen molar-refractivity contribution in [2.75, 3.05) is 6.61 Å². The molecule has 2 atom stereocenters. The quantitative estimate of drug-likeness (QED) is 0.233. The summed E-state index contributed by atoms with van der Waals surface area (Å²) in [5.41, 5.74) is 0. The fraction of sp³-hybridized carbons (Fsp3) is 1.00. The van der Waals surface area contributed by atoms with Gasteiger partial charge in [-0.25, -0.2) is 8.42 Å². The molecule has 0 saturated heterocycles. The molecule has 0 amide bonds. The molecule has 4 nitrogen and oxygen atoms in total. The van der Waals surface area contributed by atoms with Crippen LogP contribution in [0, 0.1) is 11.8 Å². The largest absolute Gasteiger partial charge is 1.00 e. The van der Waals surface area contributed by atoms with Crippen molar-refractivity contribution in [2.24, 2.45) is 11.8 Å². The molecule has 2 unspecified atom stereocenters. The van der Waals surface area contributed by atoms with Crippen LogP contribution in [0.1, 0.15) is 84.0 Å². The van der Waals surface area contributed by atoms with Gasteiger partial charge in [-0.1, -0.05) is 71.1 Å². The molecular weight excluding hydrogens is 311 g/mol. The van der Waals surface area contributed by atoms with Crippen LogP contribution in [-0.4, -0.2) is 19.6 Å². The Morgan fingerprint density at radius 3 is 2.00 bits per heavy atom. The average Bonchev–Trinajstić information content (AvgIpc) is 2.85. The zero-order chi connectivity index (χ0) is 15.6. The predicted molar refractivity (Wildman–Crippen MR) is 83.7 cm³/mol. The maximum absolute atomic E-state index is 10.3. The molecule has 0 heterocycles. The van der Waals surface area contributed by atoms with Crippen molar-refractivity contribution in [3.8, 4) is 0 Å². The summed E-state index contributed by atoms with van der Waals surface area (Å²) in [6, 6.07) is 0. The first kappa shape index (κ1) is 22.9. The second kappa shape index (κ2) is 13.2. The van der Waals surface area contributed by atoms with Crippen LogP contribution in [0.3, 0.4) is 0 Å². The van der Waals surface area contributed by atoms with E-state index in [2.05, 4.69) is 11.1 Å². The van der Waals surface area contributed by atoms with E-state index in [0.717, 1.165) is 24.7 Å². The molecule has 0 bridgehead atoms. The molecule has 1 saturated carbocycles. The van der Waals surface area contributed by atoms with Gasteiger partial charge in [-0.2, -0.15) is 0 Å². The van der Waals surface area contributed by atoms with Gasteiger partial charge < -0.3 is 4.55 Å². The standard InChI is InChI=1S/C16H32O4S.Na/c1-2-3-4-6-9-15-11-12-16(14-15)10-7-5-8-13-20-21(17,18)19;/h15-16H,2-14H2,1H3,(H,17,18,19);/q;+1/p-1. The number of rotatable bonds is 12. The van der Waals surface area contributed by atoms with Gasteiger partial charge >= 0.3 is 29.6 Å². The van der Waals surface area contributed by atoms with Crippen LogP contribution in [-0.2, 0) is 14.6 Å². The molecule has 0 spiro atoms. The van der Waals surface area contributed by atoms with Crippen LogP contribution >= 0.6 is 0 Å². The van der Waals surface area contributed by atoms with Gasteiger partial charge in [0.2, 0.25) is 10.4 Å². The molecule has 1 aliphatic rings. The van der Waals surface area contributed by atoms with Gasteiger partial charge in [0.15, 0.2) is 0 Å². The van der Waals surface area contributed by atoms with Gasteiger partial charge in [-0.3, -0.25) is 4.18 Å². The van der Waals surface area contributed by atoms with Crippen LogP contribution in [0.25, 0.3) is 0 Å². The summed E-state index contributed by atoms with van der Waals surface area (Å²) in [6.45, 7) is 2.29. The Labute approximate surface area is 159 Å². The second-order valence-corrected chi connectivity index (χ2v) is 7.53. The Morgan fingerprint density at radius 2 is 1.50 bits per heavy atom. The van der Waals surface area contributed by atoms with Crippen LogP contribution in [0.4, 0.5) is 0 Å². The Hall–Kier alpha value is 0.870. The van der Waals surface area contributed by atoms with E-state index in [9.17, 15) is 13.0 Å². The minimum absolute atomic E-state index is 0. The second-order valence-electron chi connectivity index (χ2n) is 6.47. The molecule has 6 heteroatoms. The molecule has 126 valence electrons. The molecule has 0 aromatic heterocycles. The van der Waals surface area contributed by atoms with Crippen molar-refractivity contribution in [3.05, 3.63) is 0 Å². The molecule has 0 radical (unpaired) electrons. The van der Waals surface area contributed by atoms with E-state index in [0.29, 0.717) is 6.42 Å². The number of hydrogen-bond acceptors (Lipinski definition) is 4. The third-order valence-corrected chi connectivity index (χ3v) is 5.06. The van der Waals surface area contributed by atoms with E-state index >= 15 is 0 Å². The monoisotopic (exact) mass is 342 g/mol. The Kier molecular flexibility index (Phi) is 13.7. The van der Waals surface area contributed by atoms with E-state index in [1.165, 1.54) is 57.8 Å². The van der Waals surface area contributed by atoms with Crippen molar-refractivity contribution in [1.82, 2.24) is 0 Å². The summed E-state index contributed by atoms with van der Waals surface area (Å²) in [5, 5.41) is 0. The van der Waals surface area contributed by atoms with E-state index in [1.54, 1.807) is 0 Å². The molecular formula is C16H31NaO4S. The molecule has 0 aliphatic heterocycles. The van der Waals surface area contributed by atoms with E-state index in [1.807, 2.05) is 0 Å². The summed E-state index contributed by atoms with van der Waals surface area (Å²) in [6.07, 6.45) is 15.0. The Bertz CT molecular complexity index is 359. The van der Waals surface area contributed by atoms with Gasteiger partial charge in [-0.15, -0.1) is 0 Å². The summed E-state index contributed by atoms with van der Waals surface area (Å²) in [5.74, 6) is 1.81. The van der Waals surface area contributed by atoms with Gasteiger partial charge in [-0.05, 0) is 24.7 Å². The van der Waals surface area contributed by atoms with Gasteiger partial charge in [0, 0.05) is 0 Å². The van der Waals surface area contributed by atoms with Crippen molar-refractivity contribution in [1.29, 1.82) is 0 Å². The smallest absolute Gasteiger partial charge is 0.726 e. The predicted octanol–water partition coefficient (Wildman–Crippen LogP) is 1.41. The van der Waals surface area contributed by atoms with Crippen LogP contribution < -0.4 is 29.6 Å². The first-order chi connectivity index (χ1) is 10.0. The number of hydrogen-bond donors (Lipinski definition) is 0. The molecule has 1 aliphatic carbocycles. The SMILES string of the molecule is CCCCCCC1CCC(CCCCCOS(=O)(=O)[O-])C1.[Na+]. The normalized spacial score (nSPS) is 21.7. The summed E-state index contributed by atoms with van der Waals surface area (Å²) < 4.78 is 35.0. The summed E-state index contributed by atoms with van der Waals surface area (Å²) in [4.78, 5) is 0. The molecule has 0 aromatic carbocycles. The Morgan fingerprint density at radius 1 is 0.955 bits per heavy atom. The first-order valence-corrected chi connectivity index (χ1v) is 9.95. The maximum Gasteiger partial charge on any atom is 1.00 e. The minimum Gasteiger partial charge on any atom is -0.726 e. The fourth-order valence-corrected chi connectivity index (χ4v) is 3.76. The van der Waals surface area contributed by atoms with Crippen LogP contribution in [0.5, 0.6) is 0 Å². The molecule has 22 heavy (non-hydrogen) atoms. The van der Waals surface area contributed by atoms with E-state index in [-0.39, 0.29) is 36.2 Å². The minimum atomic E-state index is -4.50. The van der Waals surface area contributed by atoms with Crippen molar-refractivity contribution >= 4 is 10.4 Å². The van der Waals surface area contributed by atoms with E-state index in [4.69, 9.17) is 0 Å². The third kappa shape index (κ3) is 12.3. The fourth-order valence-electron chi connectivity index (χ4n) is 3.44. The molecule has 1 rings (SSSR count). The van der Waals surface area contributed by atoms with Gasteiger partial charge in [0.1, 0.15) is 0 Å². The van der Waals surface area contributed by atoms with Gasteiger partial charge in [0.25, 0.3) is 0 Å². The zero-order valence-corrected chi connectivity index (χ0v) is 17.2.